The highest BCUT2D eigenvalue weighted by Crippen LogP contribution is 2.22. The number of carbonyl (C=O) groups excluding carboxylic acids is 3. The highest BCUT2D eigenvalue weighted by molar-refractivity contribution is 7.71. The molecule has 1 atom stereocenters. The van der Waals surface area contributed by atoms with E-state index in [1.54, 1.807) is 0 Å². The molecule has 0 aliphatic carbocycles. The van der Waals surface area contributed by atoms with Crippen molar-refractivity contribution in [2.24, 2.45) is 0 Å². The van der Waals surface area contributed by atoms with Gasteiger partial charge in [-0.05, 0) is 12.2 Å². The van der Waals surface area contributed by atoms with Crippen molar-refractivity contribution >= 4 is 52.3 Å². The lowest BCUT2D eigenvalue weighted by atomic mass is 10.0. The van der Waals surface area contributed by atoms with Crippen LogP contribution in [0.3, 0.4) is 0 Å². The van der Waals surface area contributed by atoms with Crippen molar-refractivity contribution in [1.82, 2.24) is 20.2 Å². The van der Waals surface area contributed by atoms with Gasteiger partial charge in [0.15, 0.2) is 11.0 Å². The second-order valence-corrected chi connectivity index (χ2v) is 5.18. The Morgan fingerprint density at radius 2 is 2.14 bits per heavy atom. The first kappa shape index (κ1) is 15.8. The standard InChI is InChI=1S/C10H10N6O4S2/c1-20-7(19)4(3-2-22-8(11)12-3)5(17)6(18)13-9-14-10(21)16-15-9/h2,4H,1H3,(H2,11,12)(H3,13,14,15,16,18,21)/t4-/m0/s1. The maximum absolute atomic E-state index is 12.2. The summed E-state index contributed by atoms with van der Waals surface area (Å²) in [5, 5.41) is 8.64. The van der Waals surface area contributed by atoms with Crippen molar-refractivity contribution in [2.75, 3.05) is 18.2 Å². The number of nitrogens with zero attached hydrogens (tertiary/aromatic N) is 2. The van der Waals surface area contributed by atoms with E-state index in [0.29, 0.717) is 0 Å². The van der Waals surface area contributed by atoms with E-state index >= 15 is 0 Å². The van der Waals surface area contributed by atoms with Crippen LogP contribution < -0.4 is 11.1 Å². The summed E-state index contributed by atoms with van der Waals surface area (Å²) in [4.78, 5) is 43.5. The maximum atomic E-state index is 12.2. The number of methoxy groups -OCH3 is 1. The average Bonchev–Trinajstić information content (AvgIpc) is 3.07. The van der Waals surface area contributed by atoms with E-state index in [2.05, 4.69) is 30.2 Å². The van der Waals surface area contributed by atoms with Gasteiger partial charge in [-0.25, -0.2) is 4.98 Å². The van der Waals surface area contributed by atoms with Crippen molar-refractivity contribution < 1.29 is 19.1 Å². The van der Waals surface area contributed by atoms with Gasteiger partial charge in [-0.15, -0.1) is 11.3 Å². The Hall–Kier alpha value is -2.60. The van der Waals surface area contributed by atoms with Crippen LogP contribution in [0.2, 0.25) is 0 Å². The van der Waals surface area contributed by atoms with Crippen molar-refractivity contribution in [2.45, 2.75) is 5.92 Å². The van der Waals surface area contributed by atoms with Crippen LogP contribution >= 0.6 is 23.6 Å². The number of rotatable bonds is 5. The molecule has 0 spiro atoms. The van der Waals surface area contributed by atoms with E-state index < -0.39 is 23.6 Å². The third-order valence-corrected chi connectivity index (χ3v) is 3.38. The summed E-state index contributed by atoms with van der Waals surface area (Å²) in [7, 11) is 1.10. The van der Waals surface area contributed by atoms with E-state index in [1.807, 2.05) is 0 Å². The molecular formula is C10H10N6O4S2. The van der Waals surface area contributed by atoms with Gasteiger partial charge in [-0.1, -0.05) is 0 Å². The number of ether oxygens (including phenoxy) is 1. The lowest BCUT2D eigenvalue weighted by Crippen LogP contribution is -2.33. The van der Waals surface area contributed by atoms with Gasteiger partial charge in [-0.2, -0.15) is 4.98 Å². The number of hydrogen-bond donors (Lipinski definition) is 4. The molecule has 0 bridgehead atoms. The fraction of sp³-hybridized carbons (Fsp3) is 0.200. The van der Waals surface area contributed by atoms with Gasteiger partial charge >= 0.3 is 5.97 Å². The smallest absolute Gasteiger partial charge is 0.323 e. The number of H-pyrrole nitrogens is 2. The number of Topliss-reactive ketones (excluding diaryl/α,β-unsaturated/α-hetero) is 1. The zero-order valence-corrected chi connectivity index (χ0v) is 12.7. The molecule has 0 saturated heterocycles. The molecule has 0 radical (unpaired) electrons. The Morgan fingerprint density at radius 3 is 2.64 bits per heavy atom. The van der Waals surface area contributed by atoms with Gasteiger partial charge in [0.1, 0.15) is 0 Å². The van der Waals surface area contributed by atoms with Crippen molar-refractivity contribution in [3.63, 3.8) is 0 Å². The summed E-state index contributed by atoms with van der Waals surface area (Å²) in [6.45, 7) is 0. The van der Waals surface area contributed by atoms with Gasteiger partial charge in [0.2, 0.25) is 16.5 Å². The summed E-state index contributed by atoms with van der Waals surface area (Å²) < 4.78 is 4.64. The quantitative estimate of drug-likeness (QED) is 0.255. The second kappa shape index (κ2) is 6.44. The third kappa shape index (κ3) is 3.35. The largest absolute Gasteiger partial charge is 0.468 e. The maximum Gasteiger partial charge on any atom is 0.323 e. The van der Waals surface area contributed by atoms with Crippen molar-refractivity contribution in [1.29, 1.82) is 0 Å². The topological polar surface area (TPSA) is 156 Å². The minimum absolute atomic E-state index is 0.0458. The normalized spacial score (nSPS) is 11.7. The summed E-state index contributed by atoms with van der Waals surface area (Å²) in [5.74, 6) is -4.59. The molecule has 0 saturated carbocycles. The molecule has 2 aromatic heterocycles. The molecule has 1 amide bonds. The van der Waals surface area contributed by atoms with Crippen molar-refractivity contribution in [3.8, 4) is 0 Å². The zero-order valence-electron chi connectivity index (χ0n) is 11.1. The molecule has 0 aromatic carbocycles. The Bertz CT molecular complexity index is 778. The number of aromatic amines is 2. The predicted octanol–water partition coefficient (Wildman–Crippen LogP) is -0.0296. The first-order chi connectivity index (χ1) is 10.4. The van der Waals surface area contributed by atoms with Crippen LogP contribution in [0.4, 0.5) is 11.1 Å². The lowest BCUT2D eigenvalue weighted by molar-refractivity contribution is -0.148. The number of hydrogen-bond acceptors (Lipinski definition) is 9. The van der Waals surface area contributed by atoms with Crippen molar-refractivity contribution in [3.05, 3.63) is 15.8 Å². The van der Waals surface area contributed by atoms with E-state index in [9.17, 15) is 14.4 Å². The Morgan fingerprint density at radius 1 is 1.41 bits per heavy atom. The number of carbonyl (C=O) groups is 3. The predicted molar refractivity (Wildman–Crippen MR) is 78.7 cm³/mol. The molecule has 116 valence electrons. The van der Waals surface area contributed by atoms with Gasteiger partial charge in [-0.3, -0.25) is 29.9 Å². The molecule has 12 heteroatoms. The monoisotopic (exact) mass is 342 g/mol. The van der Waals surface area contributed by atoms with E-state index in [1.165, 1.54) is 5.38 Å². The first-order valence-electron chi connectivity index (χ1n) is 5.71. The fourth-order valence-corrected chi connectivity index (χ4v) is 2.27. The zero-order chi connectivity index (χ0) is 16.3. The summed E-state index contributed by atoms with van der Waals surface area (Å²) in [6, 6.07) is 0. The molecular weight excluding hydrogens is 332 g/mol. The van der Waals surface area contributed by atoms with E-state index in [0.717, 1.165) is 18.4 Å². The highest BCUT2D eigenvalue weighted by Gasteiger charge is 2.36. The lowest BCUT2D eigenvalue weighted by Gasteiger charge is -2.10. The minimum Gasteiger partial charge on any atom is -0.468 e. The third-order valence-electron chi connectivity index (χ3n) is 2.49. The fourth-order valence-electron chi connectivity index (χ4n) is 1.54. The van der Waals surface area contributed by atoms with Crippen LogP contribution in [0.15, 0.2) is 5.38 Å². The number of nitrogen functional groups attached to an aromatic ring is 1. The molecule has 2 heterocycles. The molecule has 2 rings (SSSR count). The molecule has 0 unspecified atom stereocenters. The second-order valence-electron chi connectivity index (χ2n) is 3.90. The SMILES string of the molecule is COC(=O)[C@H](C(=O)C(=O)Nc1nc(=S)[nH][nH]1)c1csc(N)n1. The number of anilines is 2. The number of esters is 1. The number of ketones is 1. The Labute approximate surface area is 132 Å². The minimum atomic E-state index is -1.50. The van der Waals surface area contributed by atoms with Crippen LogP contribution in [-0.2, 0) is 19.1 Å². The van der Waals surface area contributed by atoms with Crippen LogP contribution in [-0.4, -0.2) is 44.9 Å². The number of nitrogens with one attached hydrogen (secondary N) is 3. The Kier molecular flexibility index (Phi) is 4.62. The summed E-state index contributed by atoms with van der Waals surface area (Å²) >= 11 is 5.75. The van der Waals surface area contributed by atoms with Gasteiger partial charge in [0, 0.05) is 5.38 Å². The number of thiazole rings is 1. The molecule has 22 heavy (non-hydrogen) atoms. The van der Waals surface area contributed by atoms with Crippen LogP contribution in [0.1, 0.15) is 11.6 Å². The van der Waals surface area contributed by atoms with Crippen LogP contribution in [0.25, 0.3) is 0 Å². The Balaban J connectivity index is 2.23. The summed E-state index contributed by atoms with van der Waals surface area (Å²) in [6.07, 6.45) is 0. The van der Waals surface area contributed by atoms with E-state index in [4.69, 9.17) is 18.0 Å². The molecule has 0 fully saturated rings. The molecule has 10 nitrogen and oxygen atoms in total. The molecule has 0 aliphatic rings. The van der Waals surface area contributed by atoms with Gasteiger partial charge < -0.3 is 10.5 Å². The van der Waals surface area contributed by atoms with Crippen LogP contribution in [0.5, 0.6) is 0 Å². The number of aromatic nitrogens is 4. The number of amides is 1. The van der Waals surface area contributed by atoms with E-state index in [-0.39, 0.29) is 21.5 Å². The molecule has 0 aliphatic heterocycles. The first-order valence-corrected chi connectivity index (χ1v) is 6.99. The van der Waals surface area contributed by atoms with Gasteiger partial charge in [0.05, 0.1) is 12.8 Å². The van der Waals surface area contributed by atoms with Crippen LogP contribution in [0, 0.1) is 4.77 Å². The van der Waals surface area contributed by atoms with Gasteiger partial charge in [0.25, 0.3) is 5.91 Å². The molecule has 5 N–H and O–H groups in total. The highest BCUT2D eigenvalue weighted by atomic mass is 32.1. The molecule has 2 aromatic rings. The average molecular weight is 342 g/mol. The number of nitrogens with two attached hydrogens (primary N) is 1. The summed E-state index contributed by atoms with van der Waals surface area (Å²) in [5.41, 5.74) is 5.52.